The number of pyridine rings is 1. The fourth-order valence-corrected chi connectivity index (χ4v) is 2.12. The molecule has 1 N–H and O–H groups in total. The minimum absolute atomic E-state index is 0.0187. The first kappa shape index (κ1) is 13.3. The van der Waals surface area contributed by atoms with Crippen LogP contribution in [0.2, 0.25) is 0 Å². The van der Waals surface area contributed by atoms with Crippen LogP contribution in [0.25, 0.3) is 11.6 Å². The Balaban J connectivity index is 2.01. The van der Waals surface area contributed by atoms with Gasteiger partial charge in [-0.2, -0.15) is 4.98 Å². The second-order valence-electron chi connectivity index (χ2n) is 5.29. The lowest BCUT2D eigenvalue weighted by molar-refractivity contribution is 0.403. The van der Waals surface area contributed by atoms with Gasteiger partial charge in [0.15, 0.2) is 11.5 Å². The lowest BCUT2D eigenvalue weighted by Gasteiger charge is -2.20. The van der Waals surface area contributed by atoms with E-state index in [9.17, 15) is 5.11 Å². The lowest BCUT2D eigenvalue weighted by atomic mass is 9.84. The Bertz CT molecular complexity index is 751. The zero-order chi connectivity index (χ0) is 14.9. The van der Waals surface area contributed by atoms with Gasteiger partial charge in [0.05, 0.1) is 5.41 Å². The number of nitrogens with zero attached hydrogens (tertiary/aromatic N) is 3. The molecular weight excluding hydrogens is 266 g/mol. The van der Waals surface area contributed by atoms with Gasteiger partial charge in [0.1, 0.15) is 5.75 Å². The molecule has 3 aromatic rings. The Morgan fingerprint density at radius 2 is 1.81 bits per heavy atom. The molecule has 0 fully saturated rings. The Hall–Kier alpha value is -2.69. The van der Waals surface area contributed by atoms with Crippen LogP contribution in [0, 0.1) is 0 Å². The lowest BCUT2D eigenvalue weighted by Crippen LogP contribution is -2.20. The Morgan fingerprint density at radius 3 is 2.52 bits per heavy atom. The smallest absolute Gasteiger partial charge is 0.280 e. The molecule has 0 atom stereocenters. The van der Waals surface area contributed by atoms with Crippen molar-refractivity contribution in [3.05, 3.63) is 60.0 Å². The molecule has 5 nitrogen and oxygen atoms in total. The molecule has 1 aromatic carbocycles. The quantitative estimate of drug-likeness (QED) is 0.798. The summed E-state index contributed by atoms with van der Waals surface area (Å²) in [4.78, 5) is 8.46. The van der Waals surface area contributed by atoms with Crippen molar-refractivity contribution in [2.75, 3.05) is 0 Å². The van der Waals surface area contributed by atoms with Crippen molar-refractivity contribution >= 4 is 0 Å². The van der Waals surface area contributed by atoms with Gasteiger partial charge in [-0.3, -0.25) is 0 Å². The van der Waals surface area contributed by atoms with Gasteiger partial charge in [0.2, 0.25) is 0 Å². The summed E-state index contributed by atoms with van der Waals surface area (Å²) in [6, 6.07) is 13.1. The van der Waals surface area contributed by atoms with E-state index in [0.717, 1.165) is 5.56 Å². The van der Waals surface area contributed by atoms with Crippen LogP contribution in [0.15, 0.2) is 53.2 Å². The maximum atomic E-state index is 9.80. The highest BCUT2D eigenvalue weighted by molar-refractivity contribution is 5.56. The summed E-state index contributed by atoms with van der Waals surface area (Å²) in [6.07, 6.45) is 1.57. The topological polar surface area (TPSA) is 72.0 Å². The summed E-state index contributed by atoms with van der Waals surface area (Å²) in [6.45, 7) is 4.05. The zero-order valence-corrected chi connectivity index (χ0v) is 11.8. The van der Waals surface area contributed by atoms with E-state index in [1.165, 1.54) is 6.07 Å². The second kappa shape index (κ2) is 5.01. The molecule has 5 heteroatoms. The monoisotopic (exact) mass is 281 g/mol. The van der Waals surface area contributed by atoms with Gasteiger partial charge in [-0.25, -0.2) is 4.98 Å². The van der Waals surface area contributed by atoms with Crippen LogP contribution in [-0.2, 0) is 5.41 Å². The molecule has 2 aromatic heterocycles. The number of hydrogen-bond donors (Lipinski definition) is 1. The van der Waals surface area contributed by atoms with Crippen LogP contribution in [0.1, 0.15) is 25.2 Å². The van der Waals surface area contributed by atoms with Crippen LogP contribution >= 0.6 is 0 Å². The van der Waals surface area contributed by atoms with Crippen LogP contribution in [-0.4, -0.2) is 20.2 Å². The maximum absolute atomic E-state index is 9.80. The molecule has 2 heterocycles. The summed E-state index contributed by atoms with van der Waals surface area (Å²) in [7, 11) is 0. The van der Waals surface area contributed by atoms with Crippen LogP contribution in [0.4, 0.5) is 0 Å². The van der Waals surface area contributed by atoms with Crippen molar-refractivity contribution in [3.8, 4) is 17.3 Å². The van der Waals surface area contributed by atoms with Crippen molar-refractivity contribution in [1.82, 2.24) is 15.1 Å². The number of aromatic hydroxyl groups is 1. The summed E-state index contributed by atoms with van der Waals surface area (Å²) in [5, 5.41) is 13.8. The van der Waals surface area contributed by atoms with Crippen molar-refractivity contribution in [2.45, 2.75) is 19.3 Å². The predicted octanol–water partition coefficient (Wildman–Crippen LogP) is 3.16. The molecule has 0 bridgehead atoms. The minimum Gasteiger partial charge on any atom is -0.505 e. The van der Waals surface area contributed by atoms with Crippen molar-refractivity contribution in [1.29, 1.82) is 0 Å². The molecule has 0 spiro atoms. The fourth-order valence-electron chi connectivity index (χ4n) is 2.12. The van der Waals surface area contributed by atoms with Crippen LogP contribution < -0.4 is 0 Å². The van der Waals surface area contributed by atoms with Crippen molar-refractivity contribution < 1.29 is 9.63 Å². The molecule has 0 aliphatic rings. The van der Waals surface area contributed by atoms with Gasteiger partial charge in [-0.15, -0.1) is 0 Å². The molecule has 3 rings (SSSR count). The van der Waals surface area contributed by atoms with Crippen molar-refractivity contribution in [3.63, 3.8) is 0 Å². The second-order valence-corrected chi connectivity index (χ2v) is 5.29. The number of rotatable bonds is 3. The number of hydrogen-bond acceptors (Lipinski definition) is 5. The zero-order valence-electron chi connectivity index (χ0n) is 11.8. The molecule has 0 aliphatic heterocycles. The molecular formula is C16H15N3O2. The standard InChI is InChI=1S/C16H15N3O2/c1-16(2,11-7-4-3-5-8-11)15-18-14(21-19-15)13-12(20)9-6-10-17-13/h3-10,20H,1-2H3. The molecule has 0 radical (unpaired) electrons. The van der Waals surface area contributed by atoms with E-state index in [4.69, 9.17) is 4.52 Å². The third-order valence-electron chi connectivity index (χ3n) is 3.47. The van der Waals surface area contributed by atoms with E-state index in [1.54, 1.807) is 12.3 Å². The average molecular weight is 281 g/mol. The largest absolute Gasteiger partial charge is 0.505 e. The highest BCUT2D eigenvalue weighted by atomic mass is 16.5. The highest BCUT2D eigenvalue weighted by Gasteiger charge is 2.29. The summed E-state index contributed by atoms with van der Waals surface area (Å²) in [5.41, 5.74) is 0.982. The molecule has 106 valence electrons. The predicted molar refractivity (Wildman–Crippen MR) is 77.8 cm³/mol. The van der Waals surface area contributed by atoms with Gasteiger partial charge in [0, 0.05) is 6.20 Å². The van der Waals surface area contributed by atoms with Gasteiger partial charge < -0.3 is 9.63 Å². The maximum Gasteiger partial charge on any atom is 0.280 e. The number of aromatic nitrogens is 3. The van der Waals surface area contributed by atoms with Gasteiger partial charge in [0.25, 0.3) is 5.89 Å². The van der Waals surface area contributed by atoms with Crippen LogP contribution in [0.3, 0.4) is 0 Å². The average Bonchev–Trinajstić information content (AvgIpc) is 2.99. The van der Waals surface area contributed by atoms with E-state index < -0.39 is 5.41 Å². The first-order chi connectivity index (χ1) is 10.1. The van der Waals surface area contributed by atoms with Gasteiger partial charge in [-0.05, 0) is 31.5 Å². The van der Waals surface area contributed by atoms with E-state index in [0.29, 0.717) is 11.5 Å². The Kier molecular flexibility index (Phi) is 3.17. The van der Waals surface area contributed by atoms with Gasteiger partial charge >= 0.3 is 0 Å². The summed E-state index contributed by atoms with van der Waals surface area (Å²) >= 11 is 0. The highest BCUT2D eigenvalue weighted by Crippen LogP contribution is 2.31. The first-order valence-electron chi connectivity index (χ1n) is 6.63. The SMILES string of the molecule is CC(C)(c1ccccc1)c1noc(-c2ncccc2O)n1. The van der Waals surface area contributed by atoms with E-state index in [2.05, 4.69) is 15.1 Å². The first-order valence-corrected chi connectivity index (χ1v) is 6.63. The van der Waals surface area contributed by atoms with Crippen molar-refractivity contribution in [2.24, 2.45) is 0 Å². The summed E-state index contributed by atoms with van der Waals surface area (Å²) < 4.78 is 5.26. The van der Waals surface area contributed by atoms with E-state index >= 15 is 0 Å². The Morgan fingerprint density at radius 1 is 1.05 bits per heavy atom. The molecule has 0 amide bonds. The normalized spacial score (nSPS) is 11.5. The molecule has 0 aliphatic carbocycles. The third kappa shape index (κ3) is 2.38. The third-order valence-corrected chi connectivity index (χ3v) is 3.47. The van der Waals surface area contributed by atoms with Gasteiger partial charge in [-0.1, -0.05) is 35.5 Å². The van der Waals surface area contributed by atoms with E-state index in [-0.39, 0.29) is 11.6 Å². The van der Waals surface area contributed by atoms with E-state index in [1.807, 2.05) is 44.2 Å². The fraction of sp³-hybridized carbons (Fsp3) is 0.188. The number of benzene rings is 1. The molecule has 0 saturated heterocycles. The molecule has 21 heavy (non-hydrogen) atoms. The molecule has 0 saturated carbocycles. The van der Waals surface area contributed by atoms with Crippen LogP contribution in [0.5, 0.6) is 5.75 Å². The minimum atomic E-state index is -0.395. The Labute approximate surface area is 122 Å². The summed E-state index contributed by atoms with van der Waals surface area (Å²) in [5.74, 6) is 0.783. The molecule has 0 unspecified atom stereocenters.